The lowest BCUT2D eigenvalue weighted by Crippen LogP contribution is -2.26. The van der Waals surface area contributed by atoms with E-state index in [0.717, 1.165) is 37.4 Å². The van der Waals surface area contributed by atoms with E-state index in [2.05, 4.69) is 0 Å². The third-order valence-corrected chi connectivity index (χ3v) is 3.16. The topological polar surface area (TPSA) is 44.5 Å². The maximum atomic E-state index is 5.98. The molecule has 1 fully saturated rings. The Morgan fingerprint density at radius 2 is 2.12 bits per heavy atom. The minimum absolute atomic E-state index is 0.0801. The van der Waals surface area contributed by atoms with Gasteiger partial charge in [-0.25, -0.2) is 0 Å². The number of benzene rings is 1. The lowest BCUT2D eigenvalue weighted by Gasteiger charge is -2.25. The lowest BCUT2D eigenvalue weighted by molar-refractivity contribution is 0.0251. The molecule has 0 saturated carbocycles. The molecule has 94 valence electrons. The first-order valence-corrected chi connectivity index (χ1v) is 6.34. The molecule has 0 radical (unpaired) electrons. The van der Waals surface area contributed by atoms with Gasteiger partial charge in [-0.05, 0) is 25.1 Å². The summed E-state index contributed by atoms with van der Waals surface area (Å²) in [4.78, 5) is 0. The van der Waals surface area contributed by atoms with Crippen molar-refractivity contribution >= 4 is 11.6 Å². The Morgan fingerprint density at radius 3 is 2.76 bits per heavy atom. The van der Waals surface area contributed by atoms with Crippen LogP contribution in [0.25, 0.3) is 0 Å². The average Bonchev–Trinajstić information content (AvgIpc) is 2.32. The molecule has 1 aliphatic heterocycles. The zero-order valence-corrected chi connectivity index (χ0v) is 10.7. The summed E-state index contributed by atoms with van der Waals surface area (Å²) >= 11 is 5.97. The highest BCUT2D eigenvalue weighted by Crippen LogP contribution is 2.29. The molecule has 1 saturated heterocycles. The van der Waals surface area contributed by atoms with Crippen molar-refractivity contribution in [3.8, 4) is 5.75 Å². The van der Waals surface area contributed by atoms with Crippen molar-refractivity contribution < 1.29 is 9.47 Å². The number of ether oxygens (including phenoxy) is 2. The van der Waals surface area contributed by atoms with Crippen LogP contribution < -0.4 is 10.5 Å². The largest absolute Gasteiger partial charge is 0.490 e. The average molecular weight is 256 g/mol. The number of hydrogen-bond acceptors (Lipinski definition) is 3. The Kier molecular flexibility index (Phi) is 4.26. The first kappa shape index (κ1) is 12.7. The molecular weight excluding hydrogens is 238 g/mol. The number of halogens is 1. The first-order valence-electron chi connectivity index (χ1n) is 5.96. The van der Waals surface area contributed by atoms with E-state index in [0.29, 0.717) is 5.02 Å². The van der Waals surface area contributed by atoms with Crippen LogP contribution >= 0.6 is 11.6 Å². The van der Waals surface area contributed by atoms with Gasteiger partial charge < -0.3 is 15.2 Å². The Labute approximate surface area is 107 Å². The molecule has 1 unspecified atom stereocenters. The second-order valence-corrected chi connectivity index (χ2v) is 4.84. The van der Waals surface area contributed by atoms with E-state index in [4.69, 9.17) is 26.8 Å². The molecule has 0 aromatic heterocycles. The summed E-state index contributed by atoms with van der Waals surface area (Å²) in [5, 5.41) is 0.691. The van der Waals surface area contributed by atoms with E-state index < -0.39 is 0 Å². The van der Waals surface area contributed by atoms with Crippen LogP contribution in [0.4, 0.5) is 0 Å². The summed E-state index contributed by atoms with van der Waals surface area (Å²) in [5.74, 6) is 0.844. The standard InChI is InChI=1S/C13H18ClNO2/c1-9(15)12-8-10(14)2-3-13(12)17-11-4-6-16-7-5-11/h2-3,8-9,11H,4-7,15H2,1H3. The zero-order chi connectivity index (χ0) is 12.3. The second kappa shape index (κ2) is 5.71. The summed E-state index contributed by atoms with van der Waals surface area (Å²) in [5.41, 5.74) is 6.89. The molecule has 1 aliphatic rings. The van der Waals surface area contributed by atoms with E-state index in [1.54, 1.807) is 0 Å². The molecule has 1 heterocycles. The van der Waals surface area contributed by atoms with Crippen LogP contribution in [0.15, 0.2) is 18.2 Å². The van der Waals surface area contributed by atoms with Gasteiger partial charge in [-0.15, -0.1) is 0 Å². The summed E-state index contributed by atoms with van der Waals surface area (Å²) in [7, 11) is 0. The van der Waals surface area contributed by atoms with Crippen molar-refractivity contribution in [1.29, 1.82) is 0 Å². The molecule has 0 spiro atoms. The van der Waals surface area contributed by atoms with Gasteiger partial charge in [0.15, 0.2) is 0 Å². The van der Waals surface area contributed by atoms with Crippen LogP contribution in [0.2, 0.25) is 5.02 Å². The monoisotopic (exact) mass is 255 g/mol. The maximum absolute atomic E-state index is 5.98. The fraction of sp³-hybridized carbons (Fsp3) is 0.538. The van der Waals surface area contributed by atoms with Crippen LogP contribution in [0, 0.1) is 0 Å². The van der Waals surface area contributed by atoms with Gasteiger partial charge in [0, 0.05) is 29.5 Å². The third kappa shape index (κ3) is 3.35. The van der Waals surface area contributed by atoms with Crippen molar-refractivity contribution in [3.05, 3.63) is 28.8 Å². The third-order valence-electron chi connectivity index (χ3n) is 2.92. The normalized spacial score (nSPS) is 19.0. The molecule has 1 aromatic carbocycles. The molecule has 0 amide bonds. The Hall–Kier alpha value is -0.770. The van der Waals surface area contributed by atoms with E-state index >= 15 is 0 Å². The minimum Gasteiger partial charge on any atom is -0.490 e. The minimum atomic E-state index is -0.0801. The van der Waals surface area contributed by atoms with Crippen LogP contribution in [0.5, 0.6) is 5.75 Å². The van der Waals surface area contributed by atoms with Gasteiger partial charge in [-0.3, -0.25) is 0 Å². The van der Waals surface area contributed by atoms with Crippen LogP contribution in [0.3, 0.4) is 0 Å². The summed E-state index contributed by atoms with van der Waals surface area (Å²) in [6.07, 6.45) is 2.09. The molecule has 2 rings (SSSR count). The fourth-order valence-electron chi connectivity index (χ4n) is 1.96. The van der Waals surface area contributed by atoms with Crippen molar-refractivity contribution in [2.24, 2.45) is 5.73 Å². The van der Waals surface area contributed by atoms with Crippen LogP contribution in [-0.2, 0) is 4.74 Å². The van der Waals surface area contributed by atoms with Crippen molar-refractivity contribution in [3.63, 3.8) is 0 Å². The maximum Gasteiger partial charge on any atom is 0.124 e. The summed E-state index contributed by atoms with van der Waals surface area (Å²) < 4.78 is 11.3. The zero-order valence-electron chi connectivity index (χ0n) is 9.99. The molecule has 1 aromatic rings. The van der Waals surface area contributed by atoms with Gasteiger partial charge in [0.1, 0.15) is 11.9 Å². The highest BCUT2D eigenvalue weighted by molar-refractivity contribution is 6.30. The van der Waals surface area contributed by atoms with Gasteiger partial charge in [-0.2, -0.15) is 0 Å². The highest BCUT2D eigenvalue weighted by Gasteiger charge is 2.18. The molecule has 1 atom stereocenters. The van der Waals surface area contributed by atoms with Gasteiger partial charge in [0.25, 0.3) is 0 Å². The Morgan fingerprint density at radius 1 is 1.41 bits per heavy atom. The Balaban J connectivity index is 2.13. The number of nitrogens with two attached hydrogens (primary N) is 1. The van der Waals surface area contributed by atoms with Crippen LogP contribution in [0.1, 0.15) is 31.4 Å². The van der Waals surface area contributed by atoms with Gasteiger partial charge >= 0.3 is 0 Å². The molecule has 0 aliphatic carbocycles. The fourth-order valence-corrected chi connectivity index (χ4v) is 2.14. The van der Waals surface area contributed by atoms with Crippen molar-refractivity contribution in [2.45, 2.75) is 31.9 Å². The summed E-state index contributed by atoms with van der Waals surface area (Å²) in [6, 6.07) is 5.53. The molecule has 3 nitrogen and oxygen atoms in total. The molecule has 0 bridgehead atoms. The molecule has 4 heteroatoms. The molecular formula is C13H18ClNO2. The van der Waals surface area contributed by atoms with Gasteiger partial charge in [-0.1, -0.05) is 11.6 Å². The van der Waals surface area contributed by atoms with E-state index in [-0.39, 0.29) is 12.1 Å². The molecule has 2 N–H and O–H groups in total. The Bertz CT molecular complexity index is 376. The number of rotatable bonds is 3. The van der Waals surface area contributed by atoms with E-state index in [9.17, 15) is 0 Å². The van der Waals surface area contributed by atoms with Gasteiger partial charge in [0.2, 0.25) is 0 Å². The van der Waals surface area contributed by atoms with Gasteiger partial charge in [0.05, 0.1) is 13.2 Å². The lowest BCUT2D eigenvalue weighted by atomic mass is 10.1. The van der Waals surface area contributed by atoms with E-state index in [1.165, 1.54) is 0 Å². The SMILES string of the molecule is CC(N)c1cc(Cl)ccc1OC1CCOCC1. The quantitative estimate of drug-likeness (QED) is 0.903. The molecule has 17 heavy (non-hydrogen) atoms. The summed E-state index contributed by atoms with van der Waals surface area (Å²) in [6.45, 7) is 3.47. The first-order chi connectivity index (χ1) is 8.16. The highest BCUT2D eigenvalue weighted by atomic mass is 35.5. The smallest absolute Gasteiger partial charge is 0.124 e. The number of hydrogen-bond donors (Lipinski definition) is 1. The second-order valence-electron chi connectivity index (χ2n) is 4.40. The van der Waals surface area contributed by atoms with Crippen LogP contribution in [-0.4, -0.2) is 19.3 Å². The predicted octanol–water partition coefficient (Wildman–Crippen LogP) is 2.92. The van der Waals surface area contributed by atoms with Crippen molar-refractivity contribution in [2.75, 3.05) is 13.2 Å². The van der Waals surface area contributed by atoms with E-state index in [1.807, 2.05) is 25.1 Å². The predicted molar refractivity (Wildman–Crippen MR) is 68.5 cm³/mol. The van der Waals surface area contributed by atoms with Crippen molar-refractivity contribution in [1.82, 2.24) is 0 Å².